The Bertz CT molecular complexity index is 744. The van der Waals surface area contributed by atoms with Gasteiger partial charge in [-0.3, -0.25) is 14.6 Å². The minimum absolute atomic E-state index is 0.0163. The number of carbonyl (C=O) groups excluding carboxylic acids is 2. The summed E-state index contributed by atoms with van der Waals surface area (Å²) in [6, 6.07) is 15.4. The summed E-state index contributed by atoms with van der Waals surface area (Å²) in [7, 11) is 0. The summed E-state index contributed by atoms with van der Waals surface area (Å²) in [5.74, 6) is -0.196. The molecule has 3 rings (SSSR count). The maximum absolute atomic E-state index is 13.0. The van der Waals surface area contributed by atoms with Gasteiger partial charge in [0.05, 0.1) is 25.2 Å². The second-order valence-corrected chi connectivity index (χ2v) is 7.12. The molecule has 0 saturated carbocycles. The van der Waals surface area contributed by atoms with Gasteiger partial charge in [0, 0.05) is 12.2 Å². The first-order chi connectivity index (χ1) is 13.7. The standard InChI is InChI=1S/C22H28N4O2/c27-21(15-18-7-2-1-3-8-18)25-16-22(28)26(17-19-9-4-5-13-24-19)20-10-6-12-23-14-11-20/h1-5,7-9,13,20,23H,6,10-12,14-17H2,(H,25,27). The highest BCUT2D eigenvalue weighted by molar-refractivity contribution is 5.85. The molecule has 0 spiro atoms. The van der Waals surface area contributed by atoms with Crippen LogP contribution in [-0.4, -0.2) is 47.4 Å². The Labute approximate surface area is 166 Å². The number of nitrogens with zero attached hydrogens (tertiary/aromatic N) is 2. The summed E-state index contributed by atoms with van der Waals surface area (Å²) in [4.78, 5) is 31.5. The molecule has 28 heavy (non-hydrogen) atoms. The van der Waals surface area contributed by atoms with Crippen molar-refractivity contribution in [1.29, 1.82) is 0 Å². The first-order valence-corrected chi connectivity index (χ1v) is 9.93. The zero-order valence-electron chi connectivity index (χ0n) is 16.1. The monoisotopic (exact) mass is 380 g/mol. The SMILES string of the molecule is O=C(Cc1ccccc1)NCC(=O)N(Cc1ccccn1)C1CCCNCC1. The van der Waals surface area contributed by atoms with Crippen LogP contribution in [0.1, 0.15) is 30.5 Å². The molecule has 1 aliphatic rings. The zero-order chi connectivity index (χ0) is 19.6. The smallest absolute Gasteiger partial charge is 0.242 e. The number of amides is 2. The summed E-state index contributed by atoms with van der Waals surface area (Å²) >= 11 is 0. The quantitative estimate of drug-likeness (QED) is 0.770. The van der Waals surface area contributed by atoms with Crippen molar-refractivity contribution in [3.05, 3.63) is 66.0 Å². The number of benzene rings is 1. The molecule has 1 aromatic heterocycles. The van der Waals surface area contributed by atoms with E-state index in [1.807, 2.05) is 53.4 Å². The molecule has 148 valence electrons. The minimum atomic E-state index is -0.139. The van der Waals surface area contributed by atoms with Crippen molar-refractivity contribution in [2.45, 2.75) is 38.3 Å². The first-order valence-electron chi connectivity index (χ1n) is 9.93. The predicted octanol–water partition coefficient (Wildman–Crippen LogP) is 1.91. The van der Waals surface area contributed by atoms with Crippen LogP contribution >= 0.6 is 0 Å². The van der Waals surface area contributed by atoms with Crippen LogP contribution in [0.5, 0.6) is 0 Å². The van der Waals surface area contributed by atoms with Gasteiger partial charge < -0.3 is 15.5 Å². The Morgan fingerprint density at radius 2 is 1.89 bits per heavy atom. The molecule has 0 aliphatic carbocycles. The Balaban J connectivity index is 1.61. The van der Waals surface area contributed by atoms with Crippen LogP contribution in [-0.2, 0) is 22.6 Å². The molecule has 1 atom stereocenters. The van der Waals surface area contributed by atoms with E-state index in [1.54, 1.807) is 6.20 Å². The summed E-state index contributed by atoms with van der Waals surface area (Å²) in [6.45, 7) is 2.37. The molecule has 2 heterocycles. The summed E-state index contributed by atoms with van der Waals surface area (Å²) in [5.41, 5.74) is 1.80. The van der Waals surface area contributed by atoms with E-state index in [-0.39, 0.29) is 30.8 Å². The average Bonchev–Trinajstić information content (AvgIpc) is 3.01. The largest absolute Gasteiger partial charge is 0.347 e. The number of rotatable bonds is 7. The van der Waals surface area contributed by atoms with Crippen molar-refractivity contribution >= 4 is 11.8 Å². The van der Waals surface area contributed by atoms with Crippen molar-refractivity contribution in [2.75, 3.05) is 19.6 Å². The van der Waals surface area contributed by atoms with Crippen LogP contribution < -0.4 is 10.6 Å². The van der Waals surface area contributed by atoms with Crippen molar-refractivity contribution in [3.8, 4) is 0 Å². The molecule has 0 radical (unpaired) electrons. The molecule has 6 nitrogen and oxygen atoms in total. The summed E-state index contributed by atoms with van der Waals surface area (Å²) in [6.07, 6.45) is 4.94. The number of pyridine rings is 1. The van der Waals surface area contributed by atoms with Crippen LogP contribution in [0, 0.1) is 0 Å². The van der Waals surface area contributed by atoms with Gasteiger partial charge in [0.2, 0.25) is 11.8 Å². The van der Waals surface area contributed by atoms with E-state index in [4.69, 9.17) is 0 Å². The molecule has 1 aromatic carbocycles. The fourth-order valence-corrected chi connectivity index (χ4v) is 3.52. The van der Waals surface area contributed by atoms with E-state index in [1.165, 1.54) is 0 Å². The molecular formula is C22H28N4O2. The molecule has 1 unspecified atom stereocenters. The lowest BCUT2D eigenvalue weighted by atomic mass is 10.1. The first kappa shape index (κ1) is 20.0. The molecular weight excluding hydrogens is 352 g/mol. The maximum Gasteiger partial charge on any atom is 0.242 e. The van der Waals surface area contributed by atoms with Crippen molar-refractivity contribution in [2.24, 2.45) is 0 Å². The average molecular weight is 380 g/mol. The minimum Gasteiger partial charge on any atom is -0.347 e. The highest BCUT2D eigenvalue weighted by Crippen LogP contribution is 2.16. The molecule has 1 fully saturated rings. The lowest BCUT2D eigenvalue weighted by molar-refractivity contribution is -0.135. The molecule has 2 aromatic rings. The summed E-state index contributed by atoms with van der Waals surface area (Å²) in [5, 5.41) is 6.17. The molecule has 0 bridgehead atoms. The Morgan fingerprint density at radius 3 is 2.68 bits per heavy atom. The number of aromatic nitrogens is 1. The fraction of sp³-hybridized carbons (Fsp3) is 0.409. The van der Waals surface area contributed by atoms with Gasteiger partial charge in [-0.05, 0) is 50.0 Å². The van der Waals surface area contributed by atoms with Crippen LogP contribution in [0.25, 0.3) is 0 Å². The van der Waals surface area contributed by atoms with E-state index in [9.17, 15) is 9.59 Å². The normalized spacial score (nSPS) is 16.8. The molecule has 6 heteroatoms. The topological polar surface area (TPSA) is 74.3 Å². The Kier molecular flexibility index (Phi) is 7.55. The lowest BCUT2D eigenvalue weighted by Crippen LogP contribution is -2.45. The second-order valence-electron chi connectivity index (χ2n) is 7.12. The van der Waals surface area contributed by atoms with Gasteiger partial charge in [-0.1, -0.05) is 36.4 Å². The van der Waals surface area contributed by atoms with E-state index in [2.05, 4.69) is 15.6 Å². The molecule has 2 amide bonds. The molecule has 2 N–H and O–H groups in total. The lowest BCUT2D eigenvalue weighted by Gasteiger charge is -2.31. The fourth-order valence-electron chi connectivity index (χ4n) is 3.52. The van der Waals surface area contributed by atoms with Crippen molar-refractivity contribution in [1.82, 2.24) is 20.5 Å². The van der Waals surface area contributed by atoms with Crippen molar-refractivity contribution in [3.63, 3.8) is 0 Å². The highest BCUT2D eigenvalue weighted by atomic mass is 16.2. The van der Waals surface area contributed by atoms with Gasteiger partial charge in [-0.2, -0.15) is 0 Å². The van der Waals surface area contributed by atoms with Crippen molar-refractivity contribution < 1.29 is 9.59 Å². The van der Waals surface area contributed by atoms with Gasteiger partial charge >= 0.3 is 0 Å². The Hall–Kier alpha value is -2.73. The van der Waals surface area contributed by atoms with E-state index >= 15 is 0 Å². The highest BCUT2D eigenvalue weighted by Gasteiger charge is 2.25. The number of hydrogen-bond donors (Lipinski definition) is 2. The predicted molar refractivity (Wildman–Crippen MR) is 108 cm³/mol. The molecule has 1 aliphatic heterocycles. The second kappa shape index (κ2) is 10.6. The maximum atomic E-state index is 13.0. The third kappa shape index (κ3) is 6.16. The van der Waals surface area contributed by atoms with Gasteiger partial charge in [0.25, 0.3) is 0 Å². The van der Waals surface area contributed by atoms with E-state index in [0.717, 1.165) is 43.6 Å². The van der Waals surface area contributed by atoms with Crippen LogP contribution in [0.3, 0.4) is 0 Å². The van der Waals surface area contributed by atoms with Gasteiger partial charge in [0.15, 0.2) is 0 Å². The van der Waals surface area contributed by atoms with Gasteiger partial charge in [0.1, 0.15) is 0 Å². The van der Waals surface area contributed by atoms with Crippen LogP contribution in [0.2, 0.25) is 0 Å². The number of carbonyl (C=O) groups is 2. The third-order valence-corrected chi connectivity index (χ3v) is 5.01. The molecule has 1 saturated heterocycles. The zero-order valence-corrected chi connectivity index (χ0v) is 16.1. The number of hydrogen-bond acceptors (Lipinski definition) is 4. The van der Waals surface area contributed by atoms with Crippen LogP contribution in [0.4, 0.5) is 0 Å². The summed E-state index contributed by atoms with van der Waals surface area (Å²) < 4.78 is 0. The van der Waals surface area contributed by atoms with Crippen LogP contribution in [0.15, 0.2) is 54.7 Å². The van der Waals surface area contributed by atoms with Gasteiger partial charge in [-0.25, -0.2) is 0 Å². The van der Waals surface area contributed by atoms with E-state index in [0.29, 0.717) is 6.54 Å². The van der Waals surface area contributed by atoms with Gasteiger partial charge in [-0.15, -0.1) is 0 Å². The Morgan fingerprint density at radius 1 is 1.07 bits per heavy atom. The van der Waals surface area contributed by atoms with E-state index < -0.39 is 0 Å². The third-order valence-electron chi connectivity index (χ3n) is 5.01. The number of nitrogens with one attached hydrogen (secondary N) is 2.